The molecule has 0 saturated heterocycles. The molecular formula is C29H34O3. The number of ether oxygens (including phenoxy) is 2. The molecule has 0 amide bonds. The quantitative estimate of drug-likeness (QED) is 0.389. The number of benzene rings is 3. The maximum atomic E-state index is 13.4. The zero-order valence-corrected chi connectivity index (χ0v) is 20.0. The summed E-state index contributed by atoms with van der Waals surface area (Å²) in [5, 5.41) is 0. The molecule has 0 radical (unpaired) electrons. The average Bonchev–Trinajstić information content (AvgIpc) is 2.74. The third-order valence-corrected chi connectivity index (χ3v) is 5.52. The third-order valence-electron chi connectivity index (χ3n) is 5.52. The van der Waals surface area contributed by atoms with Gasteiger partial charge in [0.15, 0.2) is 0 Å². The molecule has 0 N–H and O–H groups in total. The Morgan fingerprint density at radius 1 is 0.812 bits per heavy atom. The summed E-state index contributed by atoms with van der Waals surface area (Å²) in [5.74, 6) is -0.858. The molecule has 3 rings (SSSR count). The number of carbonyl (C=O) groups is 1. The van der Waals surface area contributed by atoms with Crippen LogP contribution in [0.2, 0.25) is 0 Å². The second-order valence-corrected chi connectivity index (χ2v) is 9.51. The van der Waals surface area contributed by atoms with Gasteiger partial charge in [-0.15, -0.1) is 0 Å². The molecule has 0 fully saturated rings. The molecule has 0 aliphatic rings. The van der Waals surface area contributed by atoms with Crippen molar-refractivity contribution in [1.29, 1.82) is 0 Å². The van der Waals surface area contributed by atoms with Crippen molar-refractivity contribution < 1.29 is 14.3 Å². The van der Waals surface area contributed by atoms with Gasteiger partial charge in [0.2, 0.25) is 0 Å². The second kappa shape index (κ2) is 9.70. The zero-order valence-electron chi connectivity index (χ0n) is 20.0. The van der Waals surface area contributed by atoms with Gasteiger partial charge in [0, 0.05) is 0 Å². The van der Waals surface area contributed by atoms with Gasteiger partial charge in [-0.05, 0) is 58.2 Å². The van der Waals surface area contributed by atoms with Crippen molar-refractivity contribution in [3.8, 4) is 0 Å². The van der Waals surface area contributed by atoms with Gasteiger partial charge < -0.3 is 9.47 Å². The zero-order chi connectivity index (χ0) is 23.4. The van der Waals surface area contributed by atoms with Gasteiger partial charge in [-0.25, -0.2) is 0 Å². The summed E-state index contributed by atoms with van der Waals surface area (Å²) in [6.45, 7) is 12.1. The first kappa shape index (κ1) is 23.7. The van der Waals surface area contributed by atoms with Gasteiger partial charge >= 0.3 is 5.97 Å². The first-order chi connectivity index (χ1) is 15.1. The Hall–Kier alpha value is -2.91. The fourth-order valence-electron chi connectivity index (χ4n) is 4.24. The van der Waals surface area contributed by atoms with E-state index in [1.807, 2.05) is 88.4 Å². The molecule has 0 bridgehead atoms. The molecule has 3 aromatic rings. The topological polar surface area (TPSA) is 35.5 Å². The van der Waals surface area contributed by atoms with Crippen LogP contribution in [0.1, 0.15) is 55.5 Å². The standard InChI is InChI=1S/C29H34O3/c1-21-17-22(2)19-24(18-21)20-31-29(25-13-9-7-10-14-25,26-15-11-8-12-16-26)23(3)27(30)32-28(4,5)6/h7-19,23H,20H2,1-6H3. The molecule has 0 aliphatic carbocycles. The van der Waals surface area contributed by atoms with Crippen LogP contribution in [0.4, 0.5) is 0 Å². The molecule has 0 saturated carbocycles. The second-order valence-electron chi connectivity index (χ2n) is 9.51. The highest BCUT2D eigenvalue weighted by molar-refractivity contribution is 5.75. The number of carbonyl (C=O) groups excluding carboxylic acids is 1. The lowest BCUT2D eigenvalue weighted by Crippen LogP contribution is -2.44. The fraction of sp³-hybridized carbons (Fsp3) is 0.345. The highest BCUT2D eigenvalue weighted by Gasteiger charge is 2.46. The van der Waals surface area contributed by atoms with E-state index in [9.17, 15) is 4.79 Å². The van der Waals surface area contributed by atoms with E-state index in [0.717, 1.165) is 16.7 Å². The lowest BCUT2D eigenvalue weighted by Gasteiger charge is -2.40. The Kier molecular flexibility index (Phi) is 7.20. The van der Waals surface area contributed by atoms with Crippen LogP contribution in [0.25, 0.3) is 0 Å². The van der Waals surface area contributed by atoms with Crippen molar-refractivity contribution in [2.45, 2.75) is 59.4 Å². The van der Waals surface area contributed by atoms with Crippen LogP contribution in [0, 0.1) is 19.8 Å². The minimum absolute atomic E-state index is 0.286. The van der Waals surface area contributed by atoms with E-state index in [1.54, 1.807) is 0 Å². The fourth-order valence-corrected chi connectivity index (χ4v) is 4.24. The van der Waals surface area contributed by atoms with Crippen molar-refractivity contribution in [1.82, 2.24) is 0 Å². The molecule has 0 aromatic heterocycles. The molecule has 0 aliphatic heterocycles. The summed E-state index contributed by atoms with van der Waals surface area (Å²) in [7, 11) is 0. The summed E-state index contributed by atoms with van der Waals surface area (Å²) >= 11 is 0. The Labute approximate surface area is 192 Å². The molecule has 1 atom stereocenters. The molecule has 168 valence electrons. The van der Waals surface area contributed by atoms with Gasteiger partial charge in [-0.2, -0.15) is 0 Å². The van der Waals surface area contributed by atoms with Gasteiger partial charge in [0.25, 0.3) is 0 Å². The Bertz CT molecular complexity index is 973. The lowest BCUT2D eigenvalue weighted by atomic mass is 9.76. The van der Waals surface area contributed by atoms with Crippen molar-refractivity contribution in [2.75, 3.05) is 0 Å². The van der Waals surface area contributed by atoms with E-state index in [4.69, 9.17) is 9.47 Å². The maximum absolute atomic E-state index is 13.4. The minimum atomic E-state index is -0.998. The van der Waals surface area contributed by atoms with Gasteiger partial charge in [0.1, 0.15) is 11.2 Å². The molecule has 0 spiro atoms. The normalized spacial score (nSPS) is 12.9. The Morgan fingerprint density at radius 3 is 1.72 bits per heavy atom. The van der Waals surface area contributed by atoms with E-state index in [1.165, 1.54) is 11.1 Å². The van der Waals surface area contributed by atoms with E-state index >= 15 is 0 Å². The third kappa shape index (κ3) is 5.46. The van der Waals surface area contributed by atoms with Crippen LogP contribution in [0.5, 0.6) is 0 Å². The van der Waals surface area contributed by atoms with Gasteiger partial charge in [-0.3, -0.25) is 4.79 Å². The summed E-state index contributed by atoms with van der Waals surface area (Å²) in [6.07, 6.45) is 0. The highest BCUT2D eigenvalue weighted by Crippen LogP contribution is 2.42. The van der Waals surface area contributed by atoms with E-state index in [-0.39, 0.29) is 5.97 Å². The van der Waals surface area contributed by atoms with Crippen LogP contribution in [0.3, 0.4) is 0 Å². The Balaban J connectivity index is 2.13. The summed E-state index contributed by atoms with van der Waals surface area (Å²) in [6, 6.07) is 26.4. The van der Waals surface area contributed by atoms with Crippen molar-refractivity contribution in [3.05, 3.63) is 107 Å². The summed E-state index contributed by atoms with van der Waals surface area (Å²) in [5.41, 5.74) is 3.72. The lowest BCUT2D eigenvalue weighted by molar-refractivity contribution is -0.172. The number of hydrogen-bond acceptors (Lipinski definition) is 3. The van der Waals surface area contributed by atoms with Crippen LogP contribution in [0.15, 0.2) is 78.9 Å². The molecule has 32 heavy (non-hydrogen) atoms. The number of aryl methyl sites for hydroxylation is 2. The summed E-state index contributed by atoms with van der Waals surface area (Å²) < 4.78 is 12.6. The van der Waals surface area contributed by atoms with Crippen LogP contribution < -0.4 is 0 Å². The molecule has 0 heterocycles. The predicted octanol–water partition coefficient (Wildman–Crippen LogP) is 6.74. The van der Waals surface area contributed by atoms with E-state index < -0.39 is 17.1 Å². The maximum Gasteiger partial charge on any atom is 0.312 e. The predicted molar refractivity (Wildman–Crippen MR) is 129 cm³/mol. The van der Waals surface area contributed by atoms with E-state index in [2.05, 4.69) is 32.0 Å². The van der Waals surface area contributed by atoms with Crippen molar-refractivity contribution in [3.63, 3.8) is 0 Å². The van der Waals surface area contributed by atoms with Gasteiger partial charge in [0.05, 0.1) is 12.5 Å². The number of rotatable bonds is 7. The van der Waals surface area contributed by atoms with E-state index in [0.29, 0.717) is 6.61 Å². The first-order valence-electron chi connectivity index (χ1n) is 11.2. The monoisotopic (exact) mass is 430 g/mol. The first-order valence-corrected chi connectivity index (χ1v) is 11.2. The summed E-state index contributed by atoms with van der Waals surface area (Å²) in [4.78, 5) is 13.4. The number of hydrogen-bond donors (Lipinski definition) is 0. The smallest absolute Gasteiger partial charge is 0.312 e. The van der Waals surface area contributed by atoms with Gasteiger partial charge in [-0.1, -0.05) is 90.0 Å². The SMILES string of the molecule is Cc1cc(C)cc(COC(c2ccccc2)(c2ccccc2)C(C)C(=O)OC(C)(C)C)c1. The van der Waals surface area contributed by atoms with Crippen molar-refractivity contribution >= 4 is 5.97 Å². The molecule has 3 nitrogen and oxygen atoms in total. The Morgan fingerprint density at radius 2 is 1.28 bits per heavy atom. The van der Waals surface area contributed by atoms with Crippen LogP contribution in [-0.4, -0.2) is 11.6 Å². The van der Waals surface area contributed by atoms with Crippen LogP contribution >= 0.6 is 0 Å². The minimum Gasteiger partial charge on any atom is -0.460 e. The van der Waals surface area contributed by atoms with Crippen LogP contribution in [-0.2, 0) is 26.5 Å². The molecule has 1 unspecified atom stereocenters. The molecule has 3 heteroatoms. The largest absolute Gasteiger partial charge is 0.460 e. The highest BCUT2D eigenvalue weighted by atomic mass is 16.6. The average molecular weight is 431 g/mol. The van der Waals surface area contributed by atoms with Crippen molar-refractivity contribution in [2.24, 2.45) is 5.92 Å². The molecular weight excluding hydrogens is 396 g/mol. The molecule has 3 aromatic carbocycles. The number of esters is 1.